The van der Waals surface area contributed by atoms with Crippen LogP contribution in [0.25, 0.3) is 0 Å². The predicted molar refractivity (Wildman–Crippen MR) is 93.5 cm³/mol. The first kappa shape index (κ1) is 19.9. The second-order valence-electron chi connectivity index (χ2n) is 5.71. The molecule has 0 fully saturated rings. The zero-order valence-electron chi connectivity index (χ0n) is 14.5. The molecule has 0 heterocycles. The Morgan fingerprint density at radius 1 is 1.25 bits per heavy atom. The van der Waals surface area contributed by atoms with Gasteiger partial charge < -0.3 is 25.4 Å². The summed E-state index contributed by atoms with van der Waals surface area (Å²) in [6.45, 7) is 3.88. The number of aliphatic carboxylic acids is 1. The molecule has 0 aliphatic carbocycles. The van der Waals surface area contributed by atoms with Crippen LogP contribution in [-0.4, -0.2) is 61.7 Å². The van der Waals surface area contributed by atoms with E-state index in [-0.39, 0.29) is 12.3 Å². The van der Waals surface area contributed by atoms with Crippen molar-refractivity contribution in [2.24, 2.45) is 0 Å². The molecule has 0 saturated heterocycles. The molecule has 0 bridgehead atoms. The van der Waals surface area contributed by atoms with Crippen molar-refractivity contribution in [1.82, 2.24) is 10.2 Å². The summed E-state index contributed by atoms with van der Waals surface area (Å²) in [7, 11) is 3.91. The second-order valence-corrected chi connectivity index (χ2v) is 5.71. The SMILES string of the molecule is CCOc1ccc(NC(=O)C[C@@H](NCCCN(C)C)C(=O)O)cc1. The highest BCUT2D eigenvalue weighted by Gasteiger charge is 2.20. The Balaban J connectivity index is 2.45. The van der Waals surface area contributed by atoms with E-state index in [1.807, 2.05) is 25.9 Å². The largest absolute Gasteiger partial charge is 0.494 e. The first-order chi connectivity index (χ1) is 11.4. The normalized spacial score (nSPS) is 12.0. The molecule has 0 aliphatic rings. The van der Waals surface area contributed by atoms with Crippen molar-refractivity contribution >= 4 is 17.6 Å². The highest BCUT2D eigenvalue weighted by atomic mass is 16.5. The minimum Gasteiger partial charge on any atom is -0.494 e. The Hall–Kier alpha value is -2.12. The van der Waals surface area contributed by atoms with Gasteiger partial charge in [0.15, 0.2) is 0 Å². The number of carboxylic acids is 1. The van der Waals surface area contributed by atoms with Crippen molar-refractivity contribution in [3.8, 4) is 5.75 Å². The number of anilines is 1. The van der Waals surface area contributed by atoms with E-state index >= 15 is 0 Å². The number of benzene rings is 1. The molecule has 1 aromatic carbocycles. The fourth-order valence-electron chi connectivity index (χ4n) is 2.12. The summed E-state index contributed by atoms with van der Waals surface area (Å²) < 4.78 is 5.33. The van der Waals surface area contributed by atoms with Crippen LogP contribution in [0.15, 0.2) is 24.3 Å². The van der Waals surface area contributed by atoms with E-state index in [0.717, 1.165) is 18.7 Å². The van der Waals surface area contributed by atoms with Crippen molar-refractivity contribution < 1.29 is 19.4 Å². The van der Waals surface area contributed by atoms with Gasteiger partial charge in [0.2, 0.25) is 5.91 Å². The Kier molecular flexibility index (Phi) is 8.81. The Labute approximate surface area is 143 Å². The molecule has 0 unspecified atom stereocenters. The third-order valence-corrected chi connectivity index (χ3v) is 3.31. The number of rotatable bonds is 11. The standard InChI is InChI=1S/C17H27N3O4/c1-4-24-14-8-6-13(7-9-14)19-16(21)12-15(17(22)23)18-10-5-11-20(2)3/h6-9,15,18H,4-5,10-12H2,1-3H3,(H,19,21)(H,22,23)/t15-/m1/s1. The van der Waals surface area contributed by atoms with Crippen LogP contribution < -0.4 is 15.4 Å². The van der Waals surface area contributed by atoms with Crippen molar-refractivity contribution in [3.63, 3.8) is 0 Å². The lowest BCUT2D eigenvalue weighted by Crippen LogP contribution is -2.40. The van der Waals surface area contributed by atoms with Crippen LogP contribution in [0.5, 0.6) is 5.75 Å². The molecule has 24 heavy (non-hydrogen) atoms. The maximum absolute atomic E-state index is 12.0. The molecule has 0 aliphatic heterocycles. The summed E-state index contributed by atoms with van der Waals surface area (Å²) in [5.74, 6) is -0.644. The summed E-state index contributed by atoms with van der Waals surface area (Å²) in [6, 6.07) is 6.07. The van der Waals surface area contributed by atoms with Crippen LogP contribution in [0.2, 0.25) is 0 Å². The van der Waals surface area contributed by atoms with Gasteiger partial charge in [-0.1, -0.05) is 0 Å². The van der Waals surface area contributed by atoms with E-state index in [1.165, 1.54) is 0 Å². The summed E-state index contributed by atoms with van der Waals surface area (Å²) in [5.41, 5.74) is 0.611. The lowest BCUT2D eigenvalue weighted by molar-refractivity contribution is -0.141. The van der Waals surface area contributed by atoms with Crippen LogP contribution >= 0.6 is 0 Å². The number of nitrogens with one attached hydrogen (secondary N) is 2. The number of nitrogens with zero attached hydrogens (tertiary/aromatic N) is 1. The molecule has 7 heteroatoms. The Morgan fingerprint density at radius 3 is 2.46 bits per heavy atom. The first-order valence-corrected chi connectivity index (χ1v) is 8.06. The first-order valence-electron chi connectivity index (χ1n) is 8.06. The topological polar surface area (TPSA) is 90.9 Å². The van der Waals surface area contributed by atoms with Gasteiger partial charge in [-0.2, -0.15) is 0 Å². The molecular formula is C17H27N3O4. The van der Waals surface area contributed by atoms with Gasteiger partial charge in [0, 0.05) is 5.69 Å². The predicted octanol–water partition coefficient (Wildman–Crippen LogP) is 1.41. The van der Waals surface area contributed by atoms with Gasteiger partial charge in [0.1, 0.15) is 11.8 Å². The fourth-order valence-corrected chi connectivity index (χ4v) is 2.12. The number of hydrogen-bond acceptors (Lipinski definition) is 5. The molecule has 1 atom stereocenters. The van der Waals surface area contributed by atoms with E-state index in [4.69, 9.17) is 4.74 Å². The van der Waals surface area contributed by atoms with Gasteiger partial charge in [0.25, 0.3) is 0 Å². The third-order valence-electron chi connectivity index (χ3n) is 3.31. The second kappa shape index (κ2) is 10.6. The monoisotopic (exact) mass is 337 g/mol. The number of carbonyl (C=O) groups is 2. The number of hydrogen-bond donors (Lipinski definition) is 3. The van der Waals surface area contributed by atoms with Gasteiger partial charge >= 0.3 is 5.97 Å². The summed E-state index contributed by atoms with van der Waals surface area (Å²) >= 11 is 0. The van der Waals surface area contributed by atoms with Crippen LogP contribution in [0.4, 0.5) is 5.69 Å². The highest BCUT2D eigenvalue weighted by molar-refractivity contribution is 5.94. The molecular weight excluding hydrogens is 310 g/mol. The van der Waals surface area contributed by atoms with Crippen molar-refractivity contribution in [1.29, 1.82) is 0 Å². The van der Waals surface area contributed by atoms with Gasteiger partial charge in [0.05, 0.1) is 13.0 Å². The van der Waals surface area contributed by atoms with Crippen LogP contribution in [0.1, 0.15) is 19.8 Å². The van der Waals surface area contributed by atoms with Crippen molar-refractivity contribution in [2.45, 2.75) is 25.8 Å². The lowest BCUT2D eigenvalue weighted by atomic mass is 10.2. The van der Waals surface area contributed by atoms with Gasteiger partial charge in [-0.25, -0.2) is 0 Å². The molecule has 1 amide bonds. The minimum absolute atomic E-state index is 0.121. The van der Waals surface area contributed by atoms with E-state index in [1.54, 1.807) is 24.3 Å². The molecule has 0 aromatic heterocycles. The summed E-state index contributed by atoms with van der Waals surface area (Å²) in [6.07, 6.45) is 0.696. The van der Waals surface area contributed by atoms with Crippen LogP contribution in [-0.2, 0) is 9.59 Å². The fraction of sp³-hybridized carbons (Fsp3) is 0.529. The quantitative estimate of drug-likeness (QED) is 0.529. The average Bonchev–Trinajstić information content (AvgIpc) is 2.52. The minimum atomic E-state index is -1.03. The zero-order chi connectivity index (χ0) is 17.9. The molecule has 7 nitrogen and oxygen atoms in total. The van der Waals surface area contributed by atoms with E-state index < -0.39 is 12.0 Å². The van der Waals surface area contributed by atoms with Crippen molar-refractivity contribution in [2.75, 3.05) is 39.1 Å². The molecule has 3 N–H and O–H groups in total. The Morgan fingerprint density at radius 2 is 1.92 bits per heavy atom. The molecule has 0 radical (unpaired) electrons. The summed E-state index contributed by atoms with van der Waals surface area (Å²) in [5, 5.41) is 14.8. The molecule has 0 saturated carbocycles. The number of ether oxygens (including phenoxy) is 1. The molecule has 1 aromatic rings. The number of amides is 1. The van der Waals surface area contributed by atoms with Crippen LogP contribution in [0, 0.1) is 0 Å². The molecule has 0 spiro atoms. The average molecular weight is 337 g/mol. The zero-order valence-corrected chi connectivity index (χ0v) is 14.5. The van der Waals surface area contributed by atoms with E-state index in [0.29, 0.717) is 18.8 Å². The van der Waals surface area contributed by atoms with E-state index in [2.05, 4.69) is 10.6 Å². The van der Waals surface area contributed by atoms with Gasteiger partial charge in [-0.15, -0.1) is 0 Å². The van der Waals surface area contributed by atoms with Gasteiger partial charge in [-0.05, 0) is 64.8 Å². The third kappa shape index (κ3) is 7.94. The molecule has 134 valence electrons. The van der Waals surface area contributed by atoms with E-state index in [9.17, 15) is 14.7 Å². The smallest absolute Gasteiger partial charge is 0.321 e. The van der Waals surface area contributed by atoms with Gasteiger partial charge in [-0.3, -0.25) is 9.59 Å². The Bertz CT molecular complexity index is 517. The number of carboxylic acid groups (broad SMARTS) is 1. The summed E-state index contributed by atoms with van der Waals surface area (Å²) in [4.78, 5) is 25.3. The number of carbonyl (C=O) groups excluding carboxylic acids is 1. The van der Waals surface area contributed by atoms with Crippen LogP contribution in [0.3, 0.4) is 0 Å². The molecule has 1 rings (SSSR count). The lowest BCUT2D eigenvalue weighted by Gasteiger charge is -2.15. The maximum Gasteiger partial charge on any atom is 0.321 e. The highest BCUT2D eigenvalue weighted by Crippen LogP contribution is 2.15. The maximum atomic E-state index is 12.0. The van der Waals surface area contributed by atoms with Crippen molar-refractivity contribution in [3.05, 3.63) is 24.3 Å².